The summed E-state index contributed by atoms with van der Waals surface area (Å²) in [6, 6.07) is 8.11. The number of amides is 1. The molecule has 0 spiro atoms. The third-order valence-electron chi connectivity index (χ3n) is 6.47. The molecule has 1 amide bonds. The van der Waals surface area contributed by atoms with Crippen molar-refractivity contribution < 1.29 is 13.7 Å². The summed E-state index contributed by atoms with van der Waals surface area (Å²) in [6.07, 6.45) is 9.18. The molecule has 5 rings (SSSR count). The van der Waals surface area contributed by atoms with Crippen molar-refractivity contribution in [2.24, 2.45) is 0 Å². The van der Waals surface area contributed by atoms with Gasteiger partial charge in [0.25, 0.3) is 0 Å². The maximum absolute atomic E-state index is 13.3. The fourth-order valence-electron chi connectivity index (χ4n) is 4.33. The normalized spacial score (nSPS) is 13.2. The van der Waals surface area contributed by atoms with Crippen molar-refractivity contribution >= 4 is 33.1 Å². The standard InChI is InChI=1S/C28H30FN5O2S/c1-18(29)7-12-27(35)34(13-5-3-4-6-26-32-28(33-36-26)20-8-9-20)23-14-22(16-30-17-23)21-10-11-24-25(15-21)37-19(2)31-24/h10-11,14-17,20H,1,3-9,12-13H2,2H3. The molecule has 7 nitrogen and oxygen atoms in total. The van der Waals surface area contributed by atoms with Gasteiger partial charge in [0, 0.05) is 43.5 Å². The number of fused-ring (bicyclic) bond motifs is 1. The highest BCUT2D eigenvalue weighted by atomic mass is 32.1. The van der Waals surface area contributed by atoms with E-state index in [4.69, 9.17) is 4.52 Å². The van der Waals surface area contributed by atoms with Crippen LogP contribution in [0.25, 0.3) is 21.3 Å². The van der Waals surface area contributed by atoms with Crippen LogP contribution in [0.2, 0.25) is 0 Å². The van der Waals surface area contributed by atoms with Crippen LogP contribution in [0.4, 0.5) is 10.1 Å². The summed E-state index contributed by atoms with van der Waals surface area (Å²) in [5.74, 6) is 1.37. The zero-order valence-electron chi connectivity index (χ0n) is 21.0. The molecule has 1 saturated carbocycles. The number of thiazole rings is 1. The Morgan fingerprint density at radius 2 is 2.00 bits per heavy atom. The number of unbranched alkanes of at least 4 members (excludes halogenated alkanes) is 2. The Morgan fingerprint density at radius 3 is 2.81 bits per heavy atom. The smallest absolute Gasteiger partial charge is 0.227 e. The molecule has 1 aliphatic rings. The van der Waals surface area contributed by atoms with E-state index in [9.17, 15) is 9.18 Å². The molecule has 1 aromatic carbocycles. The van der Waals surface area contributed by atoms with Gasteiger partial charge in [-0.05, 0) is 56.4 Å². The summed E-state index contributed by atoms with van der Waals surface area (Å²) in [7, 11) is 0. The second kappa shape index (κ2) is 11.3. The highest BCUT2D eigenvalue weighted by Gasteiger charge is 2.28. The number of nitrogens with zero attached hydrogens (tertiary/aromatic N) is 5. The van der Waals surface area contributed by atoms with Crippen molar-refractivity contribution in [3.05, 3.63) is 65.8 Å². The molecule has 4 aromatic rings. The second-order valence-corrected chi connectivity index (χ2v) is 10.8. The number of pyridine rings is 1. The minimum atomic E-state index is -0.488. The van der Waals surface area contributed by atoms with Crippen LogP contribution in [0, 0.1) is 6.92 Å². The molecule has 3 aromatic heterocycles. The lowest BCUT2D eigenvalue weighted by Gasteiger charge is -2.23. The summed E-state index contributed by atoms with van der Waals surface area (Å²) >= 11 is 1.65. The quantitative estimate of drug-likeness (QED) is 0.189. The molecular formula is C28H30FN5O2S. The van der Waals surface area contributed by atoms with Gasteiger partial charge in [-0.25, -0.2) is 9.37 Å². The average Bonchev–Trinajstić information content (AvgIpc) is 3.51. The van der Waals surface area contributed by atoms with Crippen LogP contribution >= 0.6 is 11.3 Å². The number of halogens is 1. The Kier molecular flexibility index (Phi) is 7.69. The van der Waals surface area contributed by atoms with Gasteiger partial charge in [0.1, 0.15) is 0 Å². The highest BCUT2D eigenvalue weighted by Crippen LogP contribution is 2.38. The predicted molar refractivity (Wildman–Crippen MR) is 143 cm³/mol. The summed E-state index contributed by atoms with van der Waals surface area (Å²) in [5, 5.41) is 5.09. The Bertz CT molecular complexity index is 1410. The van der Waals surface area contributed by atoms with Crippen LogP contribution in [0.15, 0.2) is 53.6 Å². The van der Waals surface area contributed by atoms with Crippen LogP contribution in [-0.2, 0) is 11.2 Å². The molecule has 0 aliphatic heterocycles. The van der Waals surface area contributed by atoms with Gasteiger partial charge >= 0.3 is 0 Å². The first-order chi connectivity index (χ1) is 18.0. The van der Waals surface area contributed by atoms with Gasteiger partial charge in [0.15, 0.2) is 5.82 Å². The molecule has 37 heavy (non-hydrogen) atoms. The van der Waals surface area contributed by atoms with E-state index in [1.54, 1.807) is 28.6 Å². The third-order valence-corrected chi connectivity index (χ3v) is 7.41. The Hall–Kier alpha value is -3.46. The molecule has 0 radical (unpaired) electrons. The molecule has 3 heterocycles. The van der Waals surface area contributed by atoms with E-state index < -0.39 is 5.83 Å². The molecule has 0 unspecified atom stereocenters. The number of aromatic nitrogens is 4. The molecule has 9 heteroatoms. The van der Waals surface area contributed by atoms with Crippen LogP contribution < -0.4 is 4.90 Å². The Labute approximate surface area is 219 Å². The number of rotatable bonds is 12. The van der Waals surface area contributed by atoms with Gasteiger partial charge in [-0.15, -0.1) is 11.3 Å². The minimum absolute atomic E-state index is 0.0182. The van der Waals surface area contributed by atoms with E-state index >= 15 is 0 Å². The maximum Gasteiger partial charge on any atom is 0.227 e. The Morgan fingerprint density at radius 1 is 1.14 bits per heavy atom. The summed E-state index contributed by atoms with van der Waals surface area (Å²) in [6.45, 7) is 5.81. The van der Waals surface area contributed by atoms with Gasteiger partial charge in [-0.1, -0.05) is 24.2 Å². The van der Waals surface area contributed by atoms with Crippen LogP contribution in [-0.4, -0.2) is 32.6 Å². The van der Waals surface area contributed by atoms with E-state index in [1.165, 1.54) is 0 Å². The van der Waals surface area contributed by atoms with E-state index in [1.807, 2.05) is 25.1 Å². The van der Waals surface area contributed by atoms with Crippen molar-refractivity contribution in [1.82, 2.24) is 20.1 Å². The monoisotopic (exact) mass is 519 g/mol. The van der Waals surface area contributed by atoms with Gasteiger partial charge in [-0.3, -0.25) is 9.78 Å². The largest absolute Gasteiger partial charge is 0.339 e. The number of carbonyl (C=O) groups excluding carboxylic acids is 1. The number of aryl methyl sites for hydroxylation is 2. The van der Waals surface area contributed by atoms with Crippen molar-refractivity contribution in [1.29, 1.82) is 0 Å². The number of benzene rings is 1. The summed E-state index contributed by atoms with van der Waals surface area (Å²) in [5.41, 5.74) is 3.61. The predicted octanol–water partition coefficient (Wildman–Crippen LogP) is 6.94. The lowest BCUT2D eigenvalue weighted by molar-refractivity contribution is -0.118. The number of hydrogen-bond acceptors (Lipinski definition) is 7. The molecule has 0 atom stereocenters. The topological polar surface area (TPSA) is 85.0 Å². The molecular weight excluding hydrogens is 489 g/mol. The van der Waals surface area contributed by atoms with Gasteiger partial charge in [0.05, 0.1) is 32.9 Å². The number of allylic oxidation sites excluding steroid dienone is 1. The molecule has 1 fully saturated rings. The average molecular weight is 520 g/mol. The van der Waals surface area contributed by atoms with Crippen LogP contribution in [0.3, 0.4) is 0 Å². The third kappa shape index (κ3) is 6.46. The SMILES string of the molecule is C=C(F)CCC(=O)N(CCCCCc1nc(C2CC2)no1)c1cncc(-c2ccc3nc(C)sc3c2)c1. The first-order valence-electron chi connectivity index (χ1n) is 12.7. The maximum atomic E-state index is 13.3. The van der Waals surface area contributed by atoms with Crippen molar-refractivity contribution in [3.8, 4) is 11.1 Å². The fourth-order valence-corrected chi connectivity index (χ4v) is 5.19. The van der Waals surface area contributed by atoms with Crippen molar-refractivity contribution in [2.75, 3.05) is 11.4 Å². The first-order valence-corrected chi connectivity index (χ1v) is 13.6. The van der Waals surface area contributed by atoms with Crippen LogP contribution in [0.1, 0.15) is 67.6 Å². The van der Waals surface area contributed by atoms with E-state index in [-0.39, 0.29) is 18.7 Å². The van der Waals surface area contributed by atoms with Gasteiger partial charge in [-0.2, -0.15) is 4.98 Å². The minimum Gasteiger partial charge on any atom is -0.339 e. The summed E-state index contributed by atoms with van der Waals surface area (Å²) < 4.78 is 19.8. The number of anilines is 1. The molecule has 0 N–H and O–H groups in total. The van der Waals surface area contributed by atoms with Crippen LogP contribution in [0.5, 0.6) is 0 Å². The molecule has 192 valence electrons. The lowest BCUT2D eigenvalue weighted by atomic mass is 10.1. The second-order valence-electron chi connectivity index (χ2n) is 9.54. The first kappa shape index (κ1) is 25.2. The van der Waals surface area contributed by atoms with Crippen molar-refractivity contribution in [2.45, 2.75) is 64.2 Å². The number of hydrogen-bond donors (Lipinski definition) is 0. The summed E-state index contributed by atoms with van der Waals surface area (Å²) in [4.78, 5) is 28.2. The fraction of sp³-hybridized carbons (Fsp3) is 0.393. The van der Waals surface area contributed by atoms with E-state index in [2.05, 4.69) is 32.8 Å². The van der Waals surface area contributed by atoms with E-state index in [0.717, 1.165) is 70.7 Å². The number of carbonyl (C=O) groups is 1. The Balaban J connectivity index is 1.25. The van der Waals surface area contributed by atoms with Gasteiger partial charge in [0.2, 0.25) is 11.8 Å². The van der Waals surface area contributed by atoms with E-state index in [0.29, 0.717) is 24.0 Å². The zero-order chi connectivity index (χ0) is 25.8. The zero-order valence-corrected chi connectivity index (χ0v) is 21.8. The molecule has 0 saturated heterocycles. The van der Waals surface area contributed by atoms with Crippen molar-refractivity contribution in [3.63, 3.8) is 0 Å². The van der Waals surface area contributed by atoms with Gasteiger partial charge < -0.3 is 9.42 Å². The highest BCUT2D eigenvalue weighted by molar-refractivity contribution is 7.18. The molecule has 0 bridgehead atoms. The molecule has 1 aliphatic carbocycles. The lowest BCUT2D eigenvalue weighted by Crippen LogP contribution is -2.32.